The Kier molecular flexibility index (Phi) is 5.78. The molecule has 0 aliphatic rings. The first-order valence-corrected chi connectivity index (χ1v) is 8.01. The smallest absolute Gasteiger partial charge is 0.261 e. The number of benzene rings is 2. The van der Waals surface area contributed by atoms with E-state index in [2.05, 4.69) is 21.2 Å². The zero-order chi connectivity index (χ0) is 16.8. The van der Waals surface area contributed by atoms with Gasteiger partial charge in [0.15, 0.2) is 6.10 Å². The Balaban J connectivity index is 1.93. The van der Waals surface area contributed by atoms with Crippen molar-refractivity contribution in [1.82, 2.24) is 5.32 Å². The van der Waals surface area contributed by atoms with Gasteiger partial charge in [-0.05, 0) is 55.8 Å². The van der Waals surface area contributed by atoms with Gasteiger partial charge in [-0.1, -0.05) is 28.1 Å². The summed E-state index contributed by atoms with van der Waals surface area (Å²) in [5, 5.41) is 11.7. The molecule has 0 heterocycles. The monoisotopic (exact) mass is 372 g/mol. The third-order valence-corrected chi connectivity index (χ3v) is 3.92. The van der Waals surface area contributed by atoms with Crippen LogP contribution in [0.5, 0.6) is 5.75 Å². The van der Waals surface area contributed by atoms with Crippen LogP contribution in [-0.4, -0.2) is 12.0 Å². The first-order valence-electron chi connectivity index (χ1n) is 7.22. The summed E-state index contributed by atoms with van der Waals surface area (Å²) in [5.41, 5.74) is 1.57. The second-order valence-electron chi connectivity index (χ2n) is 5.18. The Morgan fingerprint density at radius 2 is 1.74 bits per heavy atom. The minimum absolute atomic E-state index is 0.109. The zero-order valence-electron chi connectivity index (χ0n) is 12.9. The molecule has 1 amide bonds. The van der Waals surface area contributed by atoms with E-state index in [1.807, 2.05) is 37.3 Å². The second kappa shape index (κ2) is 7.80. The third-order valence-electron chi connectivity index (χ3n) is 3.39. The van der Waals surface area contributed by atoms with Gasteiger partial charge >= 0.3 is 0 Å². The van der Waals surface area contributed by atoms with Crippen LogP contribution in [-0.2, 0) is 4.79 Å². The third kappa shape index (κ3) is 4.83. The van der Waals surface area contributed by atoms with E-state index in [1.54, 1.807) is 31.2 Å². The van der Waals surface area contributed by atoms with Gasteiger partial charge in [0.1, 0.15) is 5.75 Å². The van der Waals surface area contributed by atoms with Crippen LogP contribution in [0.3, 0.4) is 0 Å². The first-order chi connectivity index (χ1) is 11.0. The highest BCUT2D eigenvalue weighted by Crippen LogP contribution is 2.17. The van der Waals surface area contributed by atoms with Crippen molar-refractivity contribution in [3.8, 4) is 11.8 Å². The fourth-order valence-electron chi connectivity index (χ4n) is 2.03. The van der Waals surface area contributed by atoms with Gasteiger partial charge in [0, 0.05) is 4.47 Å². The van der Waals surface area contributed by atoms with Crippen LogP contribution in [0.15, 0.2) is 53.0 Å². The molecule has 2 aromatic carbocycles. The van der Waals surface area contributed by atoms with Gasteiger partial charge in [-0.3, -0.25) is 4.79 Å². The number of amides is 1. The Hall–Kier alpha value is -2.32. The highest BCUT2D eigenvalue weighted by molar-refractivity contribution is 9.10. The molecule has 0 saturated carbocycles. The van der Waals surface area contributed by atoms with E-state index in [1.165, 1.54) is 0 Å². The molecule has 5 heteroatoms. The molecule has 0 fully saturated rings. The van der Waals surface area contributed by atoms with Crippen molar-refractivity contribution in [2.24, 2.45) is 0 Å². The Labute approximate surface area is 144 Å². The molecule has 0 aromatic heterocycles. The van der Waals surface area contributed by atoms with Gasteiger partial charge < -0.3 is 10.1 Å². The van der Waals surface area contributed by atoms with Gasteiger partial charge in [0.25, 0.3) is 5.91 Å². The Bertz CT molecular complexity index is 705. The molecule has 0 aliphatic heterocycles. The van der Waals surface area contributed by atoms with E-state index in [0.29, 0.717) is 11.3 Å². The highest BCUT2D eigenvalue weighted by Gasteiger charge is 2.17. The number of halogens is 1. The molecule has 2 aromatic rings. The minimum atomic E-state index is -0.624. The molecule has 2 rings (SSSR count). The number of carbonyl (C=O) groups is 1. The maximum atomic E-state index is 12.2. The molecule has 2 unspecified atom stereocenters. The summed E-state index contributed by atoms with van der Waals surface area (Å²) in [6.45, 7) is 3.62. The van der Waals surface area contributed by atoms with Crippen molar-refractivity contribution in [3.05, 3.63) is 64.1 Å². The molecule has 1 N–H and O–H groups in total. The van der Waals surface area contributed by atoms with Gasteiger partial charge in [-0.15, -0.1) is 0 Å². The molecule has 0 spiro atoms. The first kappa shape index (κ1) is 17.0. The standard InChI is InChI=1S/C18H17BrN2O2/c1-12(15-5-7-16(19)8-6-15)21-18(22)13(2)23-17-9-3-14(11-20)4-10-17/h3-10,12-13H,1-2H3,(H,21,22). The van der Waals surface area contributed by atoms with Gasteiger partial charge in [0.2, 0.25) is 0 Å². The van der Waals surface area contributed by atoms with E-state index >= 15 is 0 Å². The molecule has 4 nitrogen and oxygen atoms in total. The van der Waals surface area contributed by atoms with Gasteiger partial charge in [-0.25, -0.2) is 0 Å². The fourth-order valence-corrected chi connectivity index (χ4v) is 2.30. The molecular weight excluding hydrogens is 356 g/mol. The van der Waals surface area contributed by atoms with Crippen molar-refractivity contribution in [1.29, 1.82) is 5.26 Å². The van der Waals surface area contributed by atoms with Crippen LogP contribution >= 0.6 is 15.9 Å². The van der Waals surface area contributed by atoms with Crippen LogP contribution in [0.4, 0.5) is 0 Å². The Morgan fingerprint density at radius 3 is 2.30 bits per heavy atom. The average molecular weight is 373 g/mol. The Morgan fingerprint density at radius 1 is 1.13 bits per heavy atom. The number of nitriles is 1. The number of nitrogens with one attached hydrogen (secondary N) is 1. The summed E-state index contributed by atoms with van der Waals surface area (Å²) in [6, 6.07) is 16.4. The van der Waals surface area contributed by atoms with Crippen molar-refractivity contribution >= 4 is 21.8 Å². The summed E-state index contributed by atoms with van der Waals surface area (Å²) >= 11 is 3.39. The zero-order valence-corrected chi connectivity index (χ0v) is 14.5. The molecule has 0 aliphatic carbocycles. The summed E-state index contributed by atoms with van der Waals surface area (Å²) in [6.07, 6.45) is -0.624. The molecular formula is C18H17BrN2O2. The van der Waals surface area contributed by atoms with E-state index in [-0.39, 0.29) is 11.9 Å². The lowest BCUT2D eigenvalue weighted by molar-refractivity contribution is -0.127. The molecule has 2 atom stereocenters. The molecule has 0 radical (unpaired) electrons. The summed E-state index contributed by atoms with van der Waals surface area (Å²) in [4.78, 5) is 12.2. The van der Waals surface area contributed by atoms with Crippen LogP contribution in [0.1, 0.15) is 31.0 Å². The van der Waals surface area contributed by atoms with Gasteiger partial charge in [-0.2, -0.15) is 5.26 Å². The molecule has 118 valence electrons. The highest BCUT2D eigenvalue weighted by atomic mass is 79.9. The number of rotatable bonds is 5. The second-order valence-corrected chi connectivity index (χ2v) is 6.09. The quantitative estimate of drug-likeness (QED) is 0.863. The van der Waals surface area contributed by atoms with E-state index in [0.717, 1.165) is 10.0 Å². The fraction of sp³-hybridized carbons (Fsp3) is 0.222. The van der Waals surface area contributed by atoms with E-state index < -0.39 is 6.10 Å². The van der Waals surface area contributed by atoms with Crippen molar-refractivity contribution in [2.75, 3.05) is 0 Å². The minimum Gasteiger partial charge on any atom is -0.481 e. The molecule has 0 saturated heterocycles. The number of ether oxygens (including phenoxy) is 1. The number of hydrogen-bond acceptors (Lipinski definition) is 3. The normalized spacial score (nSPS) is 12.8. The number of nitrogens with zero attached hydrogens (tertiary/aromatic N) is 1. The molecule has 0 bridgehead atoms. The van der Waals surface area contributed by atoms with Gasteiger partial charge in [0.05, 0.1) is 17.7 Å². The predicted molar refractivity (Wildman–Crippen MR) is 91.9 cm³/mol. The van der Waals surface area contributed by atoms with E-state index in [9.17, 15) is 4.79 Å². The summed E-state index contributed by atoms with van der Waals surface area (Å²) < 4.78 is 6.60. The van der Waals surface area contributed by atoms with Crippen LogP contribution in [0.2, 0.25) is 0 Å². The van der Waals surface area contributed by atoms with Crippen molar-refractivity contribution < 1.29 is 9.53 Å². The SMILES string of the molecule is CC(Oc1ccc(C#N)cc1)C(=O)NC(C)c1ccc(Br)cc1. The molecule has 23 heavy (non-hydrogen) atoms. The largest absolute Gasteiger partial charge is 0.481 e. The van der Waals surface area contributed by atoms with Crippen LogP contribution in [0, 0.1) is 11.3 Å². The van der Waals surface area contributed by atoms with Crippen molar-refractivity contribution in [2.45, 2.75) is 26.0 Å². The van der Waals surface area contributed by atoms with Crippen molar-refractivity contribution in [3.63, 3.8) is 0 Å². The lowest BCUT2D eigenvalue weighted by atomic mass is 10.1. The summed E-state index contributed by atoms with van der Waals surface area (Å²) in [5.74, 6) is 0.368. The summed E-state index contributed by atoms with van der Waals surface area (Å²) in [7, 11) is 0. The maximum Gasteiger partial charge on any atom is 0.261 e. The average Bonchev–Trinajstić information content (AvgIpc) is 2.56. The lowest BCUT2D eigenvalue weighted by Gasteiger charge is -2.19. The topological polar surface area (TPSA) is 62.1 Å². The maximum absolute atomic E-state index is 12.2. The van der Waals surface area contributed by atoms with Crippen LogP contribution in [0.25, 0.3) is 0 Å². The predicted octanol–water partition coefficient (Wildman–Crippen LogP) is 3.97. The number of hydrogen-bond donors (Lipinski definition) is 1. The van der Waals surface area contributed by atoms with Crippen LogP contribution < -0.4 is 10.1 Å². The lowest BCUT2D eigenvalue weighted by Crippen LogP contribution is -2.37. The van der Waals surface area contributed by atoms with E-state index in [4.69, 9.17) is 10.00 Å². The number of carbonyl (C=O) groups excluding carboxylic acids is 1.